The second-order valence-electron chi connectivity index (χ2n) is 5.50. The van der Waals surface area contributed by atoms with Crippen LogP contribution in [0.3, 0.4) is 0 Å². The smallest absolute Gasteiger partial charge is 0.233 e. The molecule has 1 saturated heterocycles. The zero-order chi connectivity index (χ0) is 16.3. The van der Waals surface area contributed by atoms with E-state index in [0.717, 1.165) is 13.1 Å². The zero-order valence-electron chi connectivity index (χ0n) is 13.0. The molecule has 0 aliphatic carbocycles. The molecule has 0 atom stereocenters. The zero-order valence-corrected chi connectivity index (χ0v) is 13.8. The van der Waals surface area contributed by atoms with Gasteiger partial charge in [0.05, 0.1) is 12.4 Å². The van der Waals surface area contributed by atoms with Crippen LogP contribution < -0.4 is 4.74 Å². The summed E-state index contributed by atoms with van der Waals surface area (Å²) in [4.78, 5) is 6.12. The number of hydrogen-bond donors (Lipinski definition) is 0. The highest BCUT2D eigenvalue weighted by Gasteiger charge is 2.25. The van der Waals surface area contributed by atoms with Gasteiger partial charge in [0, 0.05) is 32.2 Å². The van der Waals surface area contributed by atoms with Gasteiger partial charge in [-0.3, -0.25) is 0 Å². The van der Waals surface area contributed by atoms with Gasteiger partial charge in [-0.25, -0.2) is 13.4 Å². The summed E-state index contributed by atoms with van der Waals surface area (Å²) in [7, 11) is -1.21. The molecular weight excluding hydrogens is 320 g/mol. The van der Waals surface area contributed by atoms with E-state index >= 15 is 0 Å². The summed E-state index contributed by atoms with van der Waals surface area (Å²) >= 11 is 0. The predicted octanol–water partition coefficient (Wildman–Crippen LogP) is -0.530. The molecule has 9 nitrogen and oxygen atoms in total. The van der Waals surface area contributed by atoms with Gasteiger partial charge in [-0.05, 0) is 19.5 Å². The Bertz CT molecular complexity index is 754. The molecular formula is C13H20N6O3S. The Labute approximate surface area is 134 Å². The first kappa shape index (κ1) is 16.1. The maximum atomic E-state index is 12.3. The van der Waals surface area contributed by atoms with Gasteiger partial charge in [-0.1, -0.05) is 0 Å². The Morgan fingerprint density at radius 2 is 2.00 bits per heavy atom. The fourth-order valence-corrected chi connectivity index (χ4v) is 3.85. The molecule has 23 heavy (non-hydrogen) atoms. The van der Waals surface area contributed by atoms with E-state index in [2.05, 4.69) is 20.1 Å². The Morgan fingerprint density at radius 3 is 2.78 bits per heavy atom. The average Bonchev–Trinajstić information content (AvgIpc) is 3.00. The van der Waals surface area contributed by atoms with Crippen LogP contribution in [-0.2, 0) is 10.0 Å². The lowest BCUT2D eigenvalue weighted by atomic mass is 10.4. The molecule has 0 radical (unpaired) electrons. The molecule has 3 rings (SSSR count). The average molecular weight is 340 g/mol. The number of rotatable bonds is 6. The second-order valence-corrected chi connectivity index (χ2v) is 7.59. The van der Waals surface area contributed by atoms with Crippen LogP contribution in [0.15, 0.2) is 18.5 Å². The van der Waals surface area contributed by atoms with Gasteiger partial charge in [0.2, 0.25) is 15.9 Å². The van der Waals surface area contributed by atoms with Crippen molar-refractivity contribution in [3.8, 4) is 5.88 Å². The van der Waals surface area contributed by atoms with Gasteiger partial charge < -0.3 is 9.64 Å². The topological polar surface area (TPSA) is 92.9 Å². The molecule has 2 aromatic heterocycles. The standard InChI is InChI=1S/C13H20N6O3S/c1-17-5-7-18(8-6-17)23(20,21)10-2-9-22-13-4-3-12-14-11-15-19(12)16-13/h3-4,11H,2,5-10H2,1H3. The van der Waals surface area contributed by atoms with Crippen LogP contribution in [0.4, 0.5) is 0 Å². The summed E-state index contributed by atoms with van der Waals surface area (Å²) in [6.45, 7) is 2.96. The van der Waals surface area contributed by atoms with E-state index in [1.165, 1.54) is 11.0 Å². The molecule has 0 amide bonds. The third kappa shape index (κ3) is 3.95. The molecule has 0 unspecified atom stereocenters. The van der Waals surface area contributed by atoms with Gasteiger partial charge in [0.1, 0.15) is 6.33 Å². The van der Waals surface area contributed by atoms with Crippen LogP contribution in [0.1, 0.15) is 6.42 Å². The number of ether oxygens (including phenoxy) is 1. The Balaban J connectivity index is 1.47. The van der Waals surface area contributed by atoms with Gasteiger partial charge in [-0.2, -0.15) is 4.31 Å². The van der Waals surface area contributed by atoms with E-state index in [-0.39, 0.29) is 5.75 Å². The third-order valence-electron chi connectivity index (χ3n) is 3.78. The largest absolute Gasteiger partial charge is 0.477 e. The Kier molecular flexibility index (Phi) is 4.74. The molecule has 0 N–H and O–H groups in total. The summed E-state index contributed by atoms with van der Waals surface area (Å²) < 4.78 is 32.9. The molecule has 2 aromatic rings. The normalized spacial score (nSPS) is 17.6. The number of hydrogen-bond acceptors (Lipinski definition) is 7. The van der Waals surface area contributed by atoms with Gasteiger partial charge in [-0.15, -0.1) is 14.8 Å². The van der Waals surface area contributed by atoms with Crippen molar-refractivity contribution < 1.29 is 13.2 Å². The predicted molar refractivity (Wildman–Crippen MR) is 83.8 cm³/mol. The summed E-state index contributed by atoms with van der Waals surface area (Å²) in [6, 6.07) is 3.44. The number of sulfonamides is 1. The van der Waals surface area contributed by atoms with E-state index in [1.807, 2.05) is 7.05 Å². The maximum Gasteiger partial charge on any atom is 0.233 e. The molecule has 0 saturated carbocycles. The number of nitrogens with zero attached hydrogens (tertiary/aromatic N) is 6. The molecule has 3 heterocycles. The summed E-state index contributed by atoms with van der Waals surface area (Å²) in [5, 5.41) is 8.04. The SMILES string of the molecule is CN1CCN(S(=O)(=O)CCCOc2ccc3ncnn3n2)CC1. The van der Waals surface area contributed by atoms with E-state index < -0.39 is 10.0 Å². The fraction of sp³-hybridized carbons (Fsp3) is 0.615. The molecule has 1 aliphatic rings. The minimum atomic E-state index is -3.21. The fourth-order valence-electron chi connectivity index (χ4n) is 2.39. The lowest BCUT2D eigenvalue weighted by Gasteiger charge is -2.31. The van der Waals surface area contributed by atoms with E-state index in [4.69, 9.17) is 4.74 Å². The summed E-state index contributed by atoms with van der Waals surface area (Å²) in [5.41, 5.74) is 0.634. The highest BCUT2D eigenvalue weighted by Crippen LogP contribution is 2.10. The number of aromatic nitrogens is 4. The quantitative estimate of drug-likeness (QED) is 0.653. The second kappa shape index (κ2) is 6.77. The van der Waals surface area contributed by atoms with Crippen molar-refractivity contribution in [1.29, 1.82) is 0 Å². The van der Waals surface area contributed by atoms with Crippen LogP contribution in [0.25, 0.3) is 5.65 Å². The number of likely N-dealkylation sites (N-methyl/N-ethyl adjacent to an activating group) is 1. The Hall–Kier alpha value is -1.78. The molecule has 1 fully saturated rings. The van der Waals surface area contributed by atoms with Crippen molar-refractivity contribution in [2.75, 3.05) is 45.6 Å². The van der Waals surface area contributed by atoms with Crippen molar-refractivity contribution in [3.63, 3.8) is 0 Å². The van der Waals surface area contributed by atoms with Crippen molar-refractivity contribution in [3.05, 3.63) is 18.5 Å². The highest BCUT2D eigenvalue weighted by atomic mass is 32.2. The van der Waals surface area contributed by atoms with Crippen molar-refractivity contribution >= 4 is 15.7 Å². The van der Waals surface area contributed by atoms with Crippen LogP contribution in [-0.4, -0.2) is 83.0 Å². The first-order valence-corrected chi connectivity index (χ1v) is 9.12. The first-order valence-electron chi connectivity index (χ1n) is 7.51. The van der Waals surface area contributed by atoms with Crippen LogP contribution in [0.5, 0.6) is 5.88 Å². The third-order valence-corrected chi connectivity index (χ3v) is 5.73. The Morgan fingerprint density at radius 1 is 1.22 bits per heavy atom. The van der Waals surface area contributed by atoms with Crippen molar-refractivity contribution in [1.82, 2.24) is 29.0 Å². The van der Waals surface area contributed by atoms with E-state index in [9.17, 15) is 8.42 Å². The van der Waals surface area contributed by atoms with Crippen LogP contribution in [0.2, 0.25) is 0 Å². The van der Waals surface area contributed by atoms with Gasteiger partial charge in [0.15, 0.2) is 5.65 Å². The number of piperazine rings is 1. The lowest BCUT2D eigenvalue weighted by molar-refractivity contribution is 0.221. The van der Waals surface area contributed by atoms with Crippen LogP contribution in [0, 0.1) is 0 Å². The minimum absolute atomic E-state index is 0.0856. The minimum Gasteiger partial charge on any atom is -0.477 e. The highest BCUT2D eigenvalue weighted by molar-refractivity contribution is 7.89. The van der Waals surface area contributed by atoms with Gasteiger partial charge in [0.25, 0.3) is 0 Å². The first-order chi connectivity index (χ1) is 11.0. The molecule has 0 bridgehead atoms. The van der Waals surface area contributed by atoms with Crippen LogP contribution >= 0.6 is 0 Å². The van der Waals surface area contributed by atoms with Gasteiger partial charge >= 0.3 is 0 Å². The monoisotopic (exact) mass is 340 g/mol. The van der Waals surface area contributed by atoms with Crippen molar-refractivity contribution in [2.45, 2.75) is 6.42 Å². The van der Waals surface area contributed by atoms with E-state index in [0.29, 0.717) is 37.6 Å². The molecule has 10 heteroatoms. The van der Waals surface area contributed by atoms with Crippen molar-refractivity contribution in [2.24, 2.45) is 0 Å². The number of fused-ring (bicyclic) bond motifs is 1. The molecule has 0 aromatic carbocycles. The molecule has 126 valence electrons. The summed E-state index contributed by atoms with van der Waals surface area (Å²) in [6.07, 6.45) is 1.83. The maximum absolute atomic E-state index is 12.3. The molecule has 1 aliphatic heterocycles. The lowest BCUT2D eigenvalue weighted by Crippen LogP contribution is -2.47. The summed E-state index contributed by atoms with van der Waals surface area (Å²) in [5.74, 6) is 0.488. The molecule has 0 spiro atoms. The van der Waals surface area contributed by atoms with E-state index in [1.54, 1.807) is 16.4 Å².